The minimum Gasteiger partial charge on any atom is -0.497 e. The molecule has 25 heavy (non-hydrogen) atoms. The molecule has 1 aliphatic carbocycles. The highest BCUT2D eigenvalue weighted by atomic mass is 16.5. The molecule has 1 amide bonds. The number of ether oxygens (including phenoxy) is 1. The van der Waals surface area contributed by atoms with Crippen molar-refractivity contribution in [2.45, 2.75) is 44.6 Å². The van der Waals surface area contributed by atoms with Crippen molar-refractivity contribution < 1.29 is 9.53 Å². The smallest absolute Gasteiger partial charge is 0.220 e. The van der Waals surface area contributed by atoms with Gasteiger partial charge in [0.2, 0.25) is 5.91 Å². The zero-order valence-electron chi connectivity index (χ0n) is 15.1. The summed E-state index contributed by atoms with van der Waals surface area (Å²) in [5.41, 5.74) is 1.00. The summed E-state index contributed by atoms with van der Waals surface area (Å²) in [5, 5.41) is 3.17. The van der Waals surface area contributed by atoms with Gasteiger partial charge in [-0.15, -0.1) is 0 Å². The fourth-order valence-electron chi connectivity index (χ4n) is 3.62. The molecule has 134 valence electrons. The van der Waals surface area contributed by atoms with Crippen LogP contribution in [0.15, 0.2) is 36.7 Å². The van der Waals surface area contributed by atoms with E-state index in [1.807, 2.05) is 42.1 Å². The lowest BCUT2D eigenvalue weighted by Gasteiger charge is -2.20. The third-order valence-electron chi connectivity index (χ3n) is 5.13. The highest BCUT2D eigenvalue weighted by Gasteiger charge is 2.22. The van der Waals surface area contributed by atoms with Crippen molar-refractivity contribution in [1.82, 2.24) is 14.9 Å². The molecular formula is C20H27N3O2. The van der Waals surface area contributed by atoms with E-state index < -0.39 is 0 Å². The topological polar surface area (TPSA) is 56.1 Å². The SMILES string of the molecule is COc1ccc([C@H](NC(=O)CCC2CCCC2)c2nccn2C)cc1. The molecule has 0 saturated heterocycles. The summed E-state index contributed by atoms with van der Waals surface area (Å²) >= 11 is 0. The predicted octanol–water partition coefficient (Wildman–Crippen LogP) is 3.60. The van der Waals surface area contributed by atoms with E-state index in [0.717, 1.165) is 29.5 Å². The van der Waals surface area contributed by atoms with Gasteiger partial charge in [-0.1, -0.05) is 37.8 Å². The van der Waals surface area contributed by atoms with Gasteiger partial charge in [-0.2, -0.15) is 0 Å². The van der Waals surface area contributed by atoms with Gasteiger partial charge in [0.25, 0.3) is 0 Å². The Morgan fingerprint density at radius 1 is 1.32 bits per heavy atom. The molecule has 1 heterocycles. The first-order valence-corrected chi connectivity index (χ1v) is 9.08. The van der Waals surface area contributed by atoms with Crippen LogP contribution < -0.4 is 10.1 Å². The Labute approximate surface area is 149 Å². The molecule has 5 heteroatoms. The van der Waals surface area contributed by atoms with Crippen LogP contribution in [-0.2, 0) is 11.8 Å². The average Bonchev–Trinajstić information content (AvgIpc) is 3.30. The maximum atomic E-state index is 12.5. The van der Waals surface area contributed by atoms with Crippen LogP contribution in [0, 0.1) is 5.92 Å². The second kappa shape index (κ2) is 8.19. The number of carbonyl (C=O) groups excluding carboxylic acids is 1. The van der Waals surface area contributed by atoms with Crippen LogP contribution in [0.2, 0.25) is 0 Å². The lowest BCUT2D eigenvalue weighted by molar-refractivity contribution is -0.121. The van der Waals surface area contributed by atoms with E-state index in [9.17, 15) is 4.79 Å². The normalized spacial score (nSPS) is 15.9. The van der Waals surface area contributed by atoms with Crippen LogP contribution in [0.1, 0.15) is 56.0 Å². The molecule has 0 radical (unpaired) electrons. The van der Waals surface area contributed by atoms with Crippen LogP contribution in [0.25, 0.3) is 0 Å². The second-order valence-corrected chi connectivity index (χ2v) is 6.86. The molecule has 1 N–H and O–H groups in total. The molecule has 0 bridgehead atoms. The first kappa shape index (κ1) is 17.5. The van der Waals surface area contributed by atoms with Crippen molar-refractivity contribution in [2.75, 3.05) is 7.11 Å². The molecule has 1 aromatic carbocycles. The predicted molar refractivity (Wildman–Crippen MR) is 97.4 cm³/mol. The Balaban J connectivity index is 1.71. The second-order valence-electron chi connectivity index (χ2n) is 6.86. The number of hydrogen-bond acceptors (Lipinski definition) is 3. The quantitative estimate of drug-likeness (QED) is 0.837. The van der Waals surface area contributed by atoms with Crippen LogP contribution >= 0.6 is 0 Å². The fraction of sp³-hybridized carbons (Fsp3) is 0.500. The number of benzene rings is 1. The van der Waals surface area contributed by atoms with Crippen LogP contribution in [0.4, 0.5) is 0 Å². The molecule has 1 aromatic heterocycles. The molecule has 1 saturated carbocycles. The van der Waals surface area contributed by atoms with Crippen molar-refractivity contribution in [2.24, 2.45) is 13.0 Å². The molecule has 0 spiro atoms. The van der Waals surface area contributed by atoms with E-state index in [4.69, 9.17) is 4.74 Å². The maximum absolute atomic E-state index is 12.5. The van der Waals surface area contributed by atoms with Gasteiger partial charge in [0.05, 0.1) is 7.11 Å². The summed E-state index contributed by atoms with van der Waals surface area (Å²) in [6.45, 7) is 0. The van der Waals surface area contributed by atoms with Gasteiger partial charge in [0.15, 0.2) is 0 Å². The summed E-state index contributed by atoms with van der Waals surface area (Å²) in [4.78, 5) is 17.0. The number of hydrogen-bond donors (Lipinski definition) is 1. The zero-order valence-corrected chi connectivity index (χ0v) is 15.1. The zero-order chi connectivity index (χ0) is 17.6. The third kappa shape index (κ3) is 4.41. The van der Waals surface area contributed by atoms with Crippen LogP contribution in [0.3, 0.4) is 0 Å². The Morgan fingerprint density at radius 3 is 2.64 bits per heavy atom. The molecule has 1 aliphatic rings. The Hall–Kier alpha value is -2.30. The number of aromatic nitrogens is 2. The number of nitrogens with zero attached hydrogens (tertiary/aromatic N) is 2. The summed E-state index contributed by atoms with van der Waals surface area (Å²) in [5.74, 6) is 2.45. The fourth-order valence-corrected chi connectivity index (χ4v) is 3.62. The Morgan fingerprint density at radius 2 is 2.04 bits per heavy atom. The number of amides is 1. The molecule has 0 unspecified atom stereocenters. The van der Waals surface area contributed by atoms with Crippen molar-refractivity contribution in [3.05, 3.63) is 48.0 Å². The monoisotopic (exact) mass is 341 g/mol. The maximum Gasteiger partial charge on any atom is 0.220 e. The Bertz CT molecular complexity index is 687. The summed E-state index contributed by atoms with van der Waals surface area (Å²) in [6, 6.07) is 7.54. The number of carbonyl (C=O) groups is 1. The van der Waals surface area contributed by atoms with E-state index in [1.165, 1.54) is 25.7 Å². The number of imidazole rings is 1. The molecule has 0 aliphatic heterocycles. The van der Waals surface area contributed by atoms with Crippen molar-refractivity contribution in [1.29, 1.82) is 0 Å². The van der Waals surface area contributed by atoms with Gasteiger partial charge in [0.1, 0.15) is 17.6 Å². The van der Waals surface area contributed by atoms with Crippen LogP contribution in [0.5, 0.6) is 5.75 Å². The van der Waals surface area contributed by atoms with Gasteiger partial charge >= 0.3 is 0 Å². The van der Waals surface area contributed by atoms with Crippen molar-refractivity contribution >= 4 is 5.91 Å². The lowest BCUT2D eigenvalue weighted by Crippen LogP contribution is -2.31. The van der Waals surface area contributed by atoms with Gasteiger partial charge in [-0.05, 0) is 30.0 Å². The molecule has 2 aromatic rings. The van der Waals surface area contributed by atoms with Gasteiger partial charge in [-0.3, -0.25) is 4.79 Å². The highest BCUT2D eigenvalue weighted by Crippen LogP contribution is 2.29. The van der Waals surface area contributed by atoms with Gasteiger partial charge < -0.3 is 14.6 Å². The summed E-state index contributed by atoms with van der Waals surface area (Å²) in [7, 11) is 3.60. The standard InChI is InChI=1S/C20H27N3O2/c1-23-14-13-21-20(23)19(16-8-10-17(25-2)11-9-16)22-18(24)12-7-15-5-3-4-6-15/h8-11,13-15,19H,3-7,12H2,1-2H3,(H,22,24)/t19-/m0/s1. The van der Waals surface area contributed by atoms with Crippen molar-refractivity contribution in [3.8, 4) is 5.75 Å². The average molecular weight is 341 g/mol. The van der Waals surface area contributed by atoms with Gasteiger partial charge in [-0.25, -0.2) is 4.98 Å². The van der Waals surface area contributed by atoms with E-state index in [2.05, 4.69) is 10.3 Å². The lowest BCUT2D eigenvalue weighted by atomic mass is 10.0. The minimum atomic E-state index is -0.248. The molecule has 5 nitrogen and oxygen atoms in total. The van der Waals surface area contributed by atoms with E-state index in [1.54, 1.807) is 13.3 Å². The van der Waals surface area contributed by atoms with Gasteiger partial charge in [0, 0.05) is 25.9 Å². The first-order valence-electron chi connectivity index (χ1n) is 9.08. The number of rotatable bonds is 7. The molecule has 1 atom stereocenters. The molecule has 1 fully saturated rings. The Kier molecular flexibility index (Phi) is 5.74. The number of aryl methyl sites for hydroxylation is 1. The summed E-state index contributed by atoms with van der Waals surface area (Å²) < 4.78 is 7.18. The molecule has 3 rings (SSSR count). The first-order chi connectivity index (χ1) is 12.2. The van der Waals surface area contributed by atoms with Crippen molar-refractivity contribution in [3.63, 3.8) is 0 Å². The van der Waals surface area contributed by atoms with E-state index >= 15 is 0 Å². The number of methoxy groups -OCH3 is 1. The highest BCUT2D eigenvalue weighted by molar-refractivity contribution is 5.76. The largest absolute Gasteiger partial charge is 0.497 e. The minimum absolute atomic E-state index is 0.0933. The third-order valence-corrected chi connectivity index (χ3v) is 5.13. The van der Waals surface area contributed by atoms with E-state index in [-0.39, 0.29) is 11.9 Å². The van der Waals surface area contributed by atoms with Crippen LogP contribution in [-0.4, -0.2) is 22.6 Å². The van der Waals surface area contributed by atoms with E-state index in [0.29, 0.717) is 6.42 Å². The molecular weight excluding hydrogens is 314 g/mol. The number of nitrogens with one attached hydrogen (secondary N) is 1. The summed E-state index contributed by atoms with van der Waals surface area (Å²) in [6.07, 6.45) is 10.4.